The smallest absolute Gasteiger partial charge is 0.304 e. The van der Waals surface area contributed by atoms with Crippen molar-refractivity contribution in [2.45, 2.75) is 24.7 Å². The molecule has 0 amide bonds. The lowest BCUT2D eigenvalue weighted by atomic mass is 9.90. The molecule has 0 heterocycles. The van der Waals surface area contributed by atoms with E-state index in [1.165, 1.54) is 0 Å². The van der Waals surface area contributed by atoms with E-state index in [0.29, 0.717) is 24.1 Å². The fourth-order valence-electron chi connectivity index (χ4n) is 2.31. The lowest BCUT2D eigenvalue weighted by Gasteiger charge is -2.23. The van der Waals surface area contributed by atoms with Crippen LogP contribution in [-0.4, -0.2) is 25.2 Å². The van der Waals surface area contributed by atoms with Gasteiger partial charge < -0.3 is 10.0 Å². The second kappa shape index (κ2) is 4.23. The molecule has 0 saturated heterocycles. The number of anilines is 1. The van der Waals surface area contributed by atoms with E-state index in [1.807, 2.05) is 0 Å². The summed E-state index contributed by atoms with van der Waals surface area (Å²) in [5, 5.41) is 8.92. The zero-order chi connectivity index (χ0) is 13.5. The van der Waals surface area contributed by atoms with Crippen molar-refractivity contribution in [2.75, 3.05) is 19.0 Å². The third-order valence-corrected chi connectivity index (χ3v) is 3.43. The SMILES string of the molecule is CN(C)c1cc(F)c(F)cc1C1(CC(=O)O)CC1. The molecule has 3 nitrogen and oxygen atoms in total. The number of hydrogen-bond donors (Lipinski definition) is 1. The van der Waals surface area contributed by atoms with Crippen LogP contribution in [0.3, 0.4) is 0 Å². The van der Waals surface area contributed by atoms with Crippen LogP contribution in [-0.2, 0) is 10.2 Å². The zero-order valence-corrected chi connectivity index (χ0v) is 10.3. The van der Waals surface area contributed by atoms with E-state index in [-0.39, 0.29) is 6.42 Å². The number of carboxylic acids is 1. The van der Waals surface area contributed by atoms with Crippen molar-refractivity contribution < 1.29 is 18.7 Å². The van der Waals surface area contributed by atoms with Crippen molar-refractivity contribution in [1.82, 2.24) is 0 Å². The topological polar surface area (TPSA) is 40.5 Å². The molecule has 1 fully saturated rings. The van der Waals surface area contributed by atoms with Crippen LogP contribution in [0.2, 0.25) is 0 Å². The van der Waals surface area contributed by atoms with Gasteiger partial charge in [0.2, 0.25) is 0 Å². The summed E-state index contributed by atoms with van der Waals surface area (Å²) in [4.78, 5) is 12.6. The first-order valence-electron chi connectivity index (χ1n) is 5.74. The Labute approximate surface area is 104 Å². The van der Waals surface area contributed by atoms with Crippen LogP contribution in [0.5, 0.6) is 0 Å². The Balaban J connectivity index is 2.49. The van der Waals surface area contributed by atoms with Gasteiger partial charge in [-0.25, -0.2) is 8.78 Å². The molecule has 0 atom stereocenters. The van der Waals surface area contributed by atoms with Gasteiger partial charge >= 0.3 is 5.97 Å². The maximum atomic E-state index is 13.4. The third-order valence-electron chi connectivity index (χ3n) is 3.43. The summed E-state index contributed by atoms with van der Waals surface area (Å²) in [6.45, 7) is 0. The van der Waals surface area contributed by atoms with Gasteiger partial charge in [0.1, 0.15) is 0 Å². The Kier molecular flexibility index (Phi) is 3.00. The summed E-state index contributed by atoms with van der Waals surface area (Å²) in [5.74, 6) is -2.75. The summed E-state index contributed by atoms with van der Waals surface area (Å²) in [6, 6.07) is 2.27. The van der Waals surface area contributed by atoms with E-state index in [4.69, 9.17) is 5.11 Å². The standard InChI is InChI=1S/C13H15F2NO2/c1-16(2)11-6-10(15)9(14)5-8(11)13(3-4-13)7-12(17)18/h5-6H,3-4,7H2,1-2H3,(H,17,18). The van der Waals surface area contributed by atoms with E-state index in [0.717, 1.165) is 12.1 Å². The zero-order valence-electron chi connectivity index (χ0n) is 10.3. The molecule has 0 unspecified atom stereocenters. The number of benzene rings is 1. The Morgan fingerprint density at radius 3 is 2.33 bits per heavy atom. The molecule has 1 N–H and O–H groups in total. The number of halogens is 2. The Morgan fingerprint density at radius 2 is 1.89 bits per heavy atom. The summed E-state index contributed by atoms with van der Waals surface area (Å²) in [7, 11) is 3.46. The average molecular weight is 255 g/mol. The van der Waals surface area contributed by atoms with Crippen LogP contribution in [0.4, 0.5) is 14.5 Å². The maximum absolute atomic E-state index is 13.4. The van der Waals surface area contributed by atoms with Crippen LogP contribution < -0.4 is 4.90 Å². The second-order valence-electron chi connectivity index (χ2n) is 5.03. The van der Waals surface area contributed by atoms with Gasteiger partial charge in [0, 0.05) is 31.3 Å². The fourth-order valence-corrected chi connectivity index (χ4v) is 2.31. The Hall–Kier alpha value is -1.65. The number of rotatable bonds is 4. The van der Waals surface area contributed by atoms with E-state index < -0.39 is 23.0 Å². The number of carbonyl (C=O) groups is 1. The molecule has 1 aromatic rings. The first kappa shape index (κ1) is 12.8. The number of carboxylic acid groups (broad SMARTS) is 1. The molecule has 98 valence electrons. The molecule has 0 radical (unpaired) electrons. The van der Waals surface area contributed by atoms with Crippen LogP contribution >= 0.6 is 0 Å². The minimum atomic E-state index is -0.924. The highest BCUT2D eigenvalue weighted by Gasteiger charge is 2.48. The normalized spacial score (nSPS) is 16.4. The summed E-state index contributed by atoms with van der Waals surface area (Å²) in [6.07, 6.45) is 1.36. The highest BCUT2D eigenvalue weighted by molar-refractivity contribution is 5.72. The van der Waals surface area contributed by atoms with Crippen molar-refractivity contribution in [2.24, 2.45) is 0 Å². The predicted molar refractivity (Wildman–Crippen MR) is 63.8 cm³/mol. The molecular formula is C13H15F2NO2. The van der Waals surface area contributed by atoms with Gasteiger partial charge in [0.05, 0.1) is 6.42 Å². The van der Waals surface area contributed by atoms with Crippen molar-refractivity contribution in [3.63, 3.8) is 0 Å². The molecule has 0 spiro atoms. The first-order chi connectivity index (χ1) is 8.35. The summed E-state index contributed by atoms with van der Waals surface area (Å²) < 4.78 is 26.6. The van der Waals surface area contributed by atoms with Crippen LogP contribution in [0.15, 0.2) is 12.1 Å². The van der Waals surface area contributed by atoms with Gasteiger partial charge in [0.25, 0.3) is 0 Å². The number of nitrogens with zero attached hydrogens (tertiary/aromatic N) is 1. The largest absolute Gasteiger partial charge is 0.481 e. The molecule has 18 heavy (non-hydrogen) atoms. The lowest BCUT2D eigenvalue weighted by Crippen LogP contribution is -2.20. The first-order valence-corrected chi connectivity index (χ1v) is 5.74. The lowest BCUT2D eigenvalue weighted by molar-refractivity contribution is -0.137. The van der Waals surface area contributed by atoms with Gasteiger partial charge in [0.15, 0.2) is 11.6 Å². The van der Waals surface area contributed by atoms with Gasteiger partial charge in [-0.15, -0.1) is 0 Å². The Bertz CT molecular complexity index is 496. The molecule has 5 heteroatoms. The van der Waals surface area contributed by atoms with Gasteiger partial charge in [-0.05, 0) is 24.5 Å². The monoisotopic (exact) mass is 255 g/mol. The third kappa shape index (κ3) is 2.17. The quantitative estimate of drug-likeness (QED) is 0.898. The molecule has 0 bridgehead atoms. The van der Waals surface area contributed by atoms with E-state index in [9.17, 15) is 13.6 Å². The number of hydrogen-bond acceptors (Lipinski definition) is 2. The highest BCUT2D eigenvalue weighted by Crippen LogP contribution is 2.54. The molecular weight excluding hydrogens is 240 g/mol. The van der Waals surface area contributed by atoms with Crippen molar-refractivity contribution >= 4 is 11.7 Å². The van der Waals surface area contributed by atoms with Crippen LogP contribution in [0.25, 0.3) is 0 Å². The summed E-state index contributed by atoms with van der Waals surface area (Å²) in [5.41, 5.74) is 0.612. The van der Waals surface area contributed by atoms with Gasteiger partial charge in [-0.3, -0.25) is 4.79 Å². The van der Waals surface area contributed by atoms with E-state index in [1.54, 1.807) is 19.0 Å². The maximum Gasteiger partial charge on any atom is 0.304 e. The van der Waals surface area contributed by atoms with Crippen molar-refractivity contribution in [1.29, 1.82) is 0 Å². The average Bonchev–Trinajstić information content (AvgIpc) is 3.01. The number of aliphatic carboxylic acids is 1. The Morgan fingerprint density at radius 1 is 1.33 bits per heavy atom. The summed E-state index contributed by atoms with van der Waals surface area (Å²) >= 11 is 0. The van der Waals surface area contributed by atoms with Crippen molar-refractivity contribution in [3.05, 3.63) is 29.3 Å². The van der Waals surface area contributed by atoms with Crippen molar-refractivity contribution in [3.8, 4) is 0 Å². The van der Waals surface area contributed by atoms with Gasteiger partial charge in [-0.2, -0.15) is 0 Å². The molecule has 2 rings (SSSR count). The molecule has 0 aliphatic heterocycles. The predicted octanol–water partition coefficient (Wildman–Crippen LogP) is 2.54. The molecule has 1 aliphatic carbocycles. The minimum absolute atomic E-state index is 0.0427. The highest BCUT2D eigenvalue weighted by atomic mass is 19.2. The minimum Gasteiger partial charge on any atom is -0.481 e. The molecule has 1 aliphatic rings. The van der Waals surface area contributed by atoms with Crippen LogP contribution in [0.1, 0.15) is 24.8 Å². The molecule has 0 aromatic heterocycles. The second-order valence-corrected chi connectivity index (χ2v) is 5.03. The fraction of sp³-hybridized carbons (Fsp3) is 0.462. The molecule has 1 saturated carbocycles. The van der Waals surface area contributed by atoms with E-state index in [2.05, 4.69) is 0 Å². The van der Waals surface area contributed by atoms with Crippen LogP contribution in [0, 0.1) is 11.6 Å². The van der Waals surface area contributed by atoms with Gasteiger partial charge in [-0.1, -0.05) is 0 Å². The molecule has 1 aromatic carbocycles. The van der Waals surface area contributed by atoms with E-state index >= 15 is 0 Å².